The van der Waals surface area contributed by atoms with Gasteiger partial charge in [-0.25, -0.2) is 0 Å². The Morgan fingerprint density at radius 3 is 2.85 bits per heavy atom. The largest absolute Gasteiger partial charge is 0.379 e. The minimum Gasteiger partial charge on any atom is -0.379 e. The van der Waals surface area contributed by atoms with Crippen LogP contribution < -0.4 is 5.32 Å². The monoisotopic (exact) mass is 302 g/mol. The Morgan fingerprint density at radius 1 is 1.30 bits per heavy atom. The Kier molecular flexibility index (Phi) is 5.51. The fourth-order valence-corrected chi connectivity index (χ4v) is 3.78. The summed E-state index contributed by atoms with van der Waals surface area (Å²) in [5.74, 6) is 0.975. The molecule has 2 rings (SSSR count). The lowest BCUT2D eigenvalue weighted by Gasteiger charge is -2.11. The molecular weight excluding hydrogens is 284 g/mol. The number of thiophene rings is 1. The molecule has 104 valence electrons. The van der Waals surface area contributed by atoms with Crippen LogP contribution in [0.15, 0.2) is 34.5 Å². The highest BCUT2D eigenvalue weighted by molar-refractivity contribution is 7.99. The normalized spacial score (nSPS) is 10.2. The smallest absolute Gasteiger partial charge is 0.102 e. The molecule has 0 aliphatic heterocycles. The van der Waals surface area contributed by atoms with Crippen LogP contribution in [0.4, 0.5) is 5.69 Å². The van der Waals surface area contributed by atoms with Crippen LogP contribution in [0.5, 0.6) is 0 Å². The van der Waals surface area contributed by atoms with Gasteiger partial charge in [-0.3, -0.25) is 0 Å². The quantitative estimate of drug-likeness (QED) is 0.770. The molecule has 1 aromatic carbocycles. The van der Waals surface area contributed by atoms with Crippen LogP contribution in [0.1, 0.15) is 29.9 Å². The van der Waals surface area contributed by atoms with E-state index in [0.717, 1.165) is 34.9 Å². The highest BCUT2D eigenvalue weighted by Crippen LogP contribution is 2.28. The van der Waals surface area contributed by atoms with Crippen LogP contribution in [0.2, 0.25) is 0 Å². The van der Waals surface area contributed by atoms with Crippen LogP contribution in [0, 0.1) is 11.3 Å². The highest BCUT2D eigenvalue weighted by atomic mass is 32.2. The van der Waals surface area contributed by atoms with Gasteiger partial charge in [0.2, 0.25) is 0 Å². The van der Waals surface area contributed by atoms with E-state index in [1.807, 2.05) is 18.2 Å². The summed E-state index contributed by atoms with van der Waals surface area (Å²) in [5.41, 5.74) is 3.08. The van der Waals surface area contributed by atoms with Gasteiger partial charge >= 0.3 is 0 Å². The van der Waals surface area contributed by atoms with E-state index in [1.54, 1.807) is 23.1 Å². The van der Waals surface area contributed by atoms with Crippen LogP contribution in [0.25, 0.3) is 0 Å². The summed E-state index contributed by atoms with van der Waals surface area (Å²) in [4.78, 5) is 2.41. The summed E-state index contributed by atoms with van der Waals surface area (Å²) in [7, 11) is 0. The van der Waals surface area contributed by atoms with E-state index >= 15 is 0 Å². The molecule has 0 fully saturated rings. The summed E-state index contributed by atoms with van der Waals surface area (Å²) in [6.07, 6.45) is 1.05. The molecule has 0 aliphatic rings. The molecule has 1 N–H and O–H groups in total. The first-order valence-corrected chi connectivity index (χ1v) is 8.61. The predicted octanol–water partition coefficient (Wildman–Crippen LogP) is 4.91. The minimum atomic E-state index is 0.758. The number of benzene rings is 1. The minimum absolute atomic E-state index is 0.758. The van der Waals surface area contributed by atoms with Gasteiger partial charge in [0.1, 0.15) is 6.07 Å². The molecule has 20 heavy (non-hydrogen) atoms. The second-order valence-corrected chi connectivity index (χ2v) is 6.61. The van der Waals surface area contributed by atoms with Crippen LogP contribution in [-0.2, 0) is 13.0 Å². The first kappa shape index (κ1) is 15.0. The molecule has 0 saturated carbocycles. The van der Waals surface area contributed by atoms with Crippen molar-refractivity contribution in [2.24, 2.45) is 0 Å². The first-order chi connectivity index (χ1) is 9.80. The standard InChI is InChI=1S/C16H18N2S2/c1-3-12-8-9-20-16(12)11-18-14-6-5-7-15(19-4-2)13(14)10-17/h5-9,18H,3-4,11H2,1-2H3. The van der Waals surface area contributed by atoms with Gasteiger partial charge in [0.05, 0.1) is 11.3 Å². The van der Waals surface area contributed by atoms with Gasteiger partial charge < -0.3 is 5.32 Å². The molecule has 4 heteroatoms. The molecule has 0 radical (unpaired) electrons. The molecule has 1 heterocycles. The molecule has 0 spiro atoms. The number of nitrogens with one attached hydrogen (secondary N) is 1. The van der Waals surface area contributed by atoms with Crippen molar-refractivity contribution in [3.05, 3.63) is 45.6 Å². The maximum atomic E-state index is 9.38. The van der Waals surface area contributed by atoms with Gasteiger partial charge in [0.15, 0.2) is 0 Å². The van der Waals surface area contributed by atoms with E-state index in [-0.39, 0.29) is 0 Å². The molecule has 2 nitrogen and oxygen atoms in total. The van der Waals surface area contributed by atoms with E-state index in [2.05, 4.69) is 36.7 Å². The highest BCUT2D eigenvalue weighted by Gasteiger charge is 2.09. The van der Waals surface area contributed by atoms with Crippen molar-refractivity contribution in [1.82, 2.24) is 0 Å². The molecule has 0 unspecified atom stereocenters. The van der Waals surface area contributed by atoms with Crippen molar-refractivity contribution >= 4 is 28.8 Å². The number of hydrogen-bond acceptors (Lipinski definition) is 4. The molecular formula is C16H18N2S2. The van der Waals surface area contributed by atoms with Crippen molar-refractivity contribution in [2.45, 2.75) is 31.7 Å². The van der Waals surface area contributed by atoms with E-state index in [4.69, 9.17) is 0 Å². The zero-order valence-corrected chi connectivity index (χ0v) is 13.4. The molecule has 0 saturated heterocycles. The van der Waals surface area contributed by atoms with Crippen molar-refractivity contribution in [2.75, 3.05) is 11.1 Å². The second kappa shape index (κ2) is 7.37. The Bertz CT molecular complexity index is 611. The number of thioether (sulfide) groups is 1. The summed E-state index contributed by atoms with van der Waals surface area (Å²) < 4.78 is 0. The third kappa shape index (κ3) is 3.36. The number of rotatable bonds is 6. The average Bonchev–Trinajstić information content (AvgIpc) is 2.93. The van der Waals surface area contributed by atoms with Crippen LogP contribution >= 0.6 is 23.1 Å². The summed E-state index contributed by atoms with van der Waals surface area (Å²) in [6.45, 7) is 5.06. The average molecular weight is 302 g/mol. The molecule has 0 bridgehead atoms. The zero-order chi connectivity index (χ0) is 14.4. The maximum Gasteiger partial charge on any atom is 0.102 e. The van der Waals surface area contributed by atoms with Gasteiger partial charge in [-0.2, -0.15) is 5.26 Å². The number of aryl methyl sites for hydroxylation is 1. The number of hydrogen-bond donors (Lipinski definition) is 1. The molecule has 2 aromatic rings. The summed E-state index contributed by atoms with van der Waals surface area (Å²) >= 11 is 3.48. The second-order valence-electron chi connectivity index (χ2n) is 4.30. The van der Waals surface area contributed by atoms with E-state index in [1.165, 1.54) is 10.4 Å². The van der Waals surface area contributed by atoms with E-state index < -0.39 is 0 Å². The fourth-order valence-electron chi connectivity index (χ4n) is 2.08. The number of nitrogens with zero attached hydrogens (tertiary/aromatic N) is 1. The van der Waals surface area contributed by atoms with Gasteiger partial charge in [-0.1, -0.05) is 19.9 Å². The van der Waals surface area contributed by atoms with Crippen molar-refractivity contribution < 1.29 is 0 Å². The molecule has 0 aliphatic carbocycles. The van der Waals surface area contributed by atoms with E-state index in [9.17, 15) is 5.26 Å². The topological polar surface area (TPSA) is 35.8 Å². The SMILES string of the molecule is CCSc1cccc(NCc2sccc2CC)c1C#N. The van der Waals surface area contributed by atoms with E-state index in [0.29, 0.717) is 0 Å². The number of anilines is 1. The molecule has 0 atom stereocenters. The molecule has 0 amide bonds. The lowest BCUT2D eigenvalue weighted by molar-refractivity contribution is 1.08. The van der Waals surface area contributed by atoms with Crippen LogP contribution in [0.3, 0.4) is 0 Å². The molecule has 1 aromatic heterocycles. The first-order valence-electron chi connectivity index (χ1n) is 6.75. The van der Waals surface area contributed by atoms with Gasteiger partial charge in [0.25, 0.3) is 0 Å². The van der Waals surface area contributed by atoms with Gasteiger partial charge in [0, 0.05) is 16.3 Å². The lowest BCUT2D eigenvalue weighted by Crippen LogP contribution is -2.02. The van der Waals surface area contributed by atoms with Crippen molar-refractivity contribution in [1.29, 1.82) is 5.26 Å². The van der Waals surface area contributed by atoms with Crippen molar-refractivity contribution in [3.63, 3.8) is 0 Å². The number of nitriles is 1. The third-order valence-corrected chi connectivity index (χ3v) is 5.00. The Hall–Kier alpha value is -1.44. The zero-order valence-electron chi connectivity index (χ0n) is 11.8. The lowest BCUT2D eigenvalue weighted by atomic mass is 10.1. The Balaban J connectivity index is 2.17. The Morgan fingerprint density at radius 2 is 2.15 bits per heavy atom. The van der Waals surface area contributed by atoms with Crippen molar-refractivity contribution in [3.8, 4) is 6.07 Å². The van der Waals surface area contributed by atoms with Crippen LogP contribution in [-0.4, -0.2) is 5.75 Å². The summed E-state index contributed by atoms with van der Waals surface area (Å²) in [5, 5.41) is 14.9. The van der Waals surface area contributed by atoms with Gasteiger partial charge in [-0.15, -0.1) is 23.1 Å². The Labute approximate surface area is 128 Å². The third-order valence-electron chi connectivity index (χ3n) is 3.10. The predicted molar refractivity (Wildman–Crippen MR) is 88.6 cm³/mol. The maximum absolute atomic E-state index is 9.38. The fraction of sp³-hybridized carbons (Fsp3) is 0.312. The van der Waals surface area contributed by atoms with Gasteiger partial charge in [-0.05, 0) is 41.3 Å². The summed E-state index contributed by atoms with van der Waals surface area (Å²) in [6, 6.07) is 10.5.